The van der Waals surface area contributed by atoms with Gasteiger partial charge in [0.1, 0.15) is 0 Å². The Labute approximate surface area is 61.8 Å². The lowest BCUT2D eigenvalue weighted by Crippen LogP contribution is -2.24. The van der Waals surface area contributed by atoms with Crippen molar-refractivity contribution in [2.24, 2.45) is 0 Å². The van der Waals surface area contributed by atoms with E-state index in [1.165, 1.54) is 6.92 Å². The molecular weight excluding hydrogens is 132 g/mol. The summed E-state index contributed by atoms with van der Waals surface area (Å²) in [5, 5.41) is 0. The molecule has 0 aromatic carbocycles. The normalized spacial score (nSPS) is 25.9. The monoisotopic (exact) mass is 146 g/mol. The van der Waals surface area contributed by atoms with Crippen LogP contribution in [0.5, 0.6) is 0 Å². The number of hydrogen-bond donors (Lipinski definition) is 0. The molecule has 3 heteroatoms. The number of ether oxygens (including phenoxy) is 2. The number of carbonyl (C=O) groups excluding carboxylic acids is 1. The van der Waals surface area contributed by atoms with Gasteiger partial charge in [0.05, 0.1) is 6.61 Å². The fraction of sp³-hybridized carbons (Fsp3) is 0.857. The van der Waals surface area contributed by atoms with E-state index in [0.717, 1.165) is 25.9 Å². The fourth-order valence-corrected chi connectivity index (χ4v) is 0.989. The smallest absolute Gasteiger partial charge is 0.304 e. The molecule has 1 fully saturated rings. The average Bonchev–Trinajstić information content (AvgIpc) is 1.88. The van der Waals surface area contributed by atoms with Crippen molar-refractivity contribution in [1.29, 1.82) is 0 Å². The lowest BCUT2D eigenvalue weighted by Gasteiger charge is -2.21. The summed E-state index contributed by atoms with van der Waals surface area (Å²) in [5.41, 5.74) is 0. The Balaban J connectivity index is 0.000001000. The highest BCUT2D eigenvalue weighted by Gasteiger charge is 2.15. The molecular formula is C7H14O3. The predicted octanol–water partition coefficient (Wildman–Crippen LogP) is 1.32. The van der Waals surface area contributed by atoms with Crippen LogP contribution in [-0.4, -0.2) is 18.9 Å². The van der Waals surface area contributed by atoms with E-state index in [9.17, 15) is 4.79 Å². The van der Waals surface area contributed by atoms with Crippen LogP contribution in [0.4, 0.5) is 0 Å². The molecule has 1 unspecified atom stereocenters. The lowest BCUT2D eigenvalue weighted by molar-refractivity contribution is -0.184. The SMILES string of the molecule is CC(=O)OC1CCCCO1.[HH]. The summed E-state index contributed by atoms with van der Waals surface area (Å²) < 4.78 is 9.98. The molecule has 1 atom stereocenters. The van der Waals surface area contributed by atoms with Gasteiger partial charge in [-0.2, -0.15) is 0 Å². The summed E-state index contributed by atoms with van der Waals surface area (Å²) in [6.45, 7) is 2.12. The molecule has 1 rings (SSSR count). The molecule has 0 aromatic heterocycles. The molecule has 10 heavy (non-hydrogen) atoms. The molecule has 0 saturated carbocycles. The topological polar surface area (TPSA) is 35.5 Å². The number of carbonyl (C=O) groups is 1. The summed E-state index contributed by atoms with van der Waals surface area (Å²) in [7, 11) is 0. The second-order valence-electron chi connectivity index (χ2n) is 2.41. The minimum atomic E-state index is -0.272. The highest BCUT2D eigenvalue weighted by molar-refractivity contribution is 5.66. The second-order valence-corrected chi connectivity index (χ2v) is 2.41. The first-order valence-corrected chi connectivity index (χ1v) is 3.58. The van der Waals surface area contributed by atoms with E-state index in [0.29, 0.717) is 0 Å². The molecule has 1 aliphatic heterocycles. The third-order valence-electron chi connectivity index (χ3n) is 1.44. The summed E-state index contributed by atoms with van der Waals surface area (Å²) >= 11 is 0. The van der Waals surface area contributed by atoms with Crippen molar-refractivity contribution >= 4 is 5.97 Å². The van der Waals surface area contributed by atoms with E-state index in [1.807, 2.05) is 0 Å². The van der Waals surface area contributed by atoms with Crippen LogP contribution in [0.2, 0.25) is 0 Å². The third kappa shape index (κ3) is 2.35. The molecule has 0 amide bonds. The largest absolute Gasteiger partial charge is 0.436 e. The summed E-state index contributed by atoms with van der Waals surface area (Å²) in [6.07, 6.45) is 2.75. The molecule has 3 nitrogen and oxygen atoms in total. The van der Waals surface area contributed by atoms with Crippen LogP contribution in [0.25, 0.3) is 0 Å². The lowest BCUT2D eigenvalue weighted by atomic mass is 10.2. The van der Waals surface area contributed by atoms with Crippen LogP contribution in [0.1, 0.15) is 27.6 Å². The zero-order chi connectivity index (χ0) is 7.40. The van der Waals surface area contributed by atoms with Crippen molar-refractivity contribution < 1.29 is 15.7 Å². The second kappa shape index (κ2) is 3.56. The number of rotatable bonds is 1. The van der Waals surface area contributed by atoms with Gasteiger partial charge in [0.15, 0.2) is 0 Å². The molecule has 0 spiro atoms. The molecule has 0 bridgehead atoms. The maximum Gasteiger partial charge on any atom is 0.304 e. The molecule has 0 aliphatic carbocycles. The van der Waals surface area contributed by atoms with Gasteiger partial charge in [-0.15, -0.1) is 0 Å². The van der Waals surface area contributed by atoms with E-state index in [1.54, 1.807) is 0 Å². The van der Waals surface area contributed by atoms with Gasteiger partial charge in [0.2, 0.25) is 6.29 Å². The van der Waals surface area contributed by atoms with E-state index in [-0.39, 0.29) is 13.7 Å². The average molecular weight is 146 g/mol. The van der Waals surface area contributed by atoms with Gasteiger partial charge in [-0.05, 0) is 12.8 Å². The Bertz CT molecular complexity index is 121. The summed E-state index contributed by atoms with van der Waals surface area (Å²) in [4.78, 5) is 10.4. The van der Waals surface area contributed by atoms with Crippen molar-refractivity contribution in [3.63, 3.8) is 0 Å². The van der Waals surface area contributed by atoms with Gasteiger partial charge in [-0.25, -0.2) is 0 Å². The van der Waals surface area contributed by atoms with E-state index in [4.69, 9.17) is 9.47 Å². The first-order valence-electron chi connectivity index (χ1n) is 3.58. The Hall–Kier alpha value is -0.570. The van der Waals surface area contributed by atoms with Crippen molar-refractivity contribution in [3.8, 4) is 0 Å². The predicted molar refractivity (Wildman–Crippen MR) is 37.5 cm³/mol. The molecule has 0 radical (unpaired) electrons. The van der Waals surface area contributed by atoms with E-state index >= 15 is 0 Å². The molecule has 0 aromatic rings. The van der Waals surface area contributed by atoms with Crippen molar-refractivity contribution in [1.82, 2.24) is 0 Å². The maximum absolute atomic E-state index is 10.4. The van der Waals surface area contributed by atoms with Crippen LogP contribution in [-0.2, 0) is 14.3 Å². The maximum atomic E-state index is 10.4. The van der Waals surface area contributed by atoms with Crippen LogP contribution in [0.15, 0.2) is 0 Å². The molecule has 0 N–H and O–H groups in total. The van der Waals surface area contributed by atoms with Crippen LogP contribution in [0, 0.1) is 0 Å². The highest BCUT2D eigenvalue weighted by Crippen LogP contribution is 2.13. The molecule has 1 saturated heterocycles. The minimum Gasteiger partial charge on any atom is -0.436 e. The highest BCUT2D eigenvalue weighted by atomic mass is 16.7. The van der Waals surface area contributed by atoms with Gasteiger partial charge in [-0.1, -0.05) is 0 Å². The van der Waals surface area contributed by atoms with Gasteiger partial charge < -0.3 is 9.47 Å². The Morgan fingerprint density at radius 2 is 2.50 bits per heavy atom. The Morgan fingerprint density at radius 1 is 1.70 bits per heavy atom. The zero-order valence-electron chi connectivity index (χ0n) is 6.13. The summed E-state index contributed by atoms with van der Waals surface area (Å²) in [5.74, 6) is -0.257. The first kappa shape index (κ1) is 7.54. The first-order chi connectivity index (χ1) is 4.79. The van der Waals surface area contributed by atoms with E-state index in [2.05, 4.69) is 0 Å². The van der Waals surface area contributed by atoms with Gasteiger partial charge in [0, 0.05) is 14.8 Å². The van der Waals surface area contributed by atoms with Gasteiger partial charge in [-0.3, -0.25) is 4.79 Å². The third-order valence-corrected chi connectivity index (χ3v) is 1.44. The number of esters is 1. The van der Waals surface area contributed by atoms with Crippen molar-refractivity contribution in [2.75, 3.05) is 6.61 Å². The minimum absolute atomic E-state index is 0. The fourth-order valence-electron chi connectivity index (χ4n) is 0.989. The van der Waals surface area contributed by atoms with Crippen LogP contribution in [0.3, 0.4) is 0 Å². The zero-order valence-corrected chi connectivity index (χ0v) is 6.13. The standard InChI is InChI=1S/C7H12O3.H2/c1-6(8)10-7-4-2-3-5-9-7;/h7H,2-5H2,1H3;1H. The van der Waals surface area contributed by atoms with E-state index < -0.39 is 0 Å². The van der Waals surface area contributed by atoms with Crippen molar-refractivity contribution in [2.45, 2.75) is 32.5 Å². The van der Waals surface area contributed by atoms with Gasteiger partial charge >= 0.3 is 5.97 Å². The quantitative estimate of drug-likeness (QED) is 0.523. The Morgan fingerprint density at radius 3 is 3.00 bits per heavy atom. The Kier molecular flexibility index (Phi) is 2.68. The molecule has 1 heterocycles. The van der Waals surface area contributed by atoms with Crippen molar-refractivity contribution in [3.05, 3.63) is 0 Å². The van der Waals surface area contributed by atoms with Crippen LogP contribution < -0.4 is 0 Å². The molecule has 1 aliphatic rings. The van der Waals surface area contributed by atoms with Crippen LogP contribution >= 0.6 is 0 Å². The number of hydrogen-bond acceptors (Lipinski definition) is 3. The summed E-state index contributed by atoms with van der Waals surface area (Å²) in [6, 6.07) is 0. The van der Waals surface area contributed by atoms with Gasteiger partial charge in [0.25, 0.3) is 0 Å². The molecule has 60 valence electrons.